The topological polar surface area (TPSA) is 142 Å². The van der Waals surface area contributed by atoms with E-state index in [1.807, 2.05) is 0 Å². The molecule has 0 bridgehead atoms. The Morgan fingerprint density at radius 3 is 2.55 bits per heavy atom. The Labute approximate surface area is 169 Å². The third kappa shape index (κ3) is 3.68. The van der Waals surface area contributed by atoms with Crippen LogP contribution in [0.5, 0.6) is 0 Å². The second kappa shape index (κ2) is 7.79. The summed E-state index contributed by atoms with van der Waals surface area (Å²) in [5.74, 6) is -2.08. The molecule has 1 atom stereocenters. The van der Waals surface area contributed by atoms with E-state index in [2.05, 4.69) is 4.72 Å². The van der Waals surface area contributed by atoms with Crippen LogP contribution < -0.4 is 4.72 Å². The van der Waals surface area contributed by atoms with Gasteiger partial charge in [0.25, 0.3) is 15.7 Å². The van der Waals surface area contributed by atoms with Gasteiger partial charge < -0.3 is 9.47 Å². The van der Waals surface area contributed by atoms with E-state index < -0.39 is 43.4 Å². The van der Waals surface area contributed by atoms with E-state index in [1.54, 1.807) is 0 Å². The number of methoxy groups -OCH3 is 2. The molecule has 2 aromatic rings. The first-order valence-corrected chi connectivity index (χ1v) is 10.6. The van der Waals surface area contributed by atoms with Crippen molar-refractivity contribution in [2.75, 3.05) is 18.9 Å². The van der Waals surface area contributed by atoms with Crippen molar-refractivity contribution < 1.29 is 32.4 Å². The van der Waals surface area contributed by atoms with E-state index in [4.69, 9.17) is 9.47 Å². The van der Waals surface area contributed by atoms with Crippen molar-refractivity contribution in [2.24, 2.45) is 0 Å². The van der Waals surface area contributed by atoms with Gasteiger partial charge in [-0.05, 0) is 24.5 Å². The lowest BCUT2D eigenvalue weighted by Gasteiger charge is -2.12. The highest BCUT2D eigenvalue weighted by molar-refractivity contribution is 7.93. The van der Waals surface area contributed by atoms with E-state index in [1.165, 1.54) is 19.2 Å². The Morgan fingerprint density at radius 1 is 1.24 bits per heavy atom. The highest BCUT2D eigenvalue weighted by atomic mass is 32.2. The first kappa shape index (κ1) is 20.7. The molecule has 0 aliphatic heterocycles. The minimum Gasteiger partial charge on any atom is -0.469 e. The summed E-state index contributed by atoms with van der Waals surface area (Å²) in [5.41, 5.74) is -0.312. The first-order valence-electron chi connectivity index (χ1n) is 8.29. The number of esters is 2. The molecule has 0 saturated carbocycles. The van der Waals surface area contributed by atoms with Gasteiger partial charge in [0.1, 0.15) is 5.00 Å². The predicted octanol–water partition coefficient (Wildman–Crippen LogP) is 2.45. The van der Waals surface area contributed by atoms with E-state index in [0.717, 1.165) is 30.6 Å². The number of carbonyl (C=O) groups is 2. The standard InChI is InChI=1S/C17H16N2O8S2/c1-26-16(20)9-7-8-11-13(9)14(17(21)27-2)15(28-11)18-29(24,25)12-6-4-3-5-10(12)19(22)23/h3-6,9,18H,7-8H2,1-2H3. The number of thiophene rings is 1. The van der Waals surface area contributed by atoms with Gasteiger partial charge in [-0.3, -0.25) is 19.6 Å². The lowest BCUT2D eigenvalue weighted by Crippen LogP contribution is -2.18. The molecule has 3 rings (SSSR count). The molecule has 1 aliphatic rings. The molecule has 0 spiro atoms. The molecule has 1 aliphatic carbocycles. The number of sulfonamides is 1. The van der Waals surface area contributed by atoms with Crippen molar-refractivity contribution in [1.29, 1.82) is 0 Å². The molecule has 12 heteroatoms. The van der Waals surface area contributed by atoms with Gasteiger partial charge in [-0.25, -0.2) is 13.2 Å². The van der Waals surface area contributed by atoms with Crippen LogP contribution in [-0.2, 0) is 30.7 Å². The highest BCUT2D eigenvalue weighted by Gasteiger charge is 2.39. The average Bonchev–Trinajstić information content (AvgIpc) is 3.25. The molecule has 1 N–H and O–H groups in total. The van der Waals surface area contributed by atoms with Crippen LogP contribution in [0.15, 0.2) is 29.2 Å². The number of nitrogens with one attached hydrogen (secondary N) is 1. The molecular formula is C17H16N2O8S2. The number of carbonyl (C=O) groups excluding carboxylic acids is 2. The average molecular weight is 440 g/mol. The monoisotopic (exact) mass is 440 g/mol. The van der Waals surface area contributed by atoms with Gasteiger partial charge in [-0.15, -0.1) is 11.3 Å². The van der Waals surface area contributed by atoms with Gasteiger partial charge in [0.15, 0.2) is 4.90 Å². The van der Waals surface area contributed by atoms with Crippen molar-refractivity contribution in [3.63, 3.8) is 0 Å². The molecule has 1 unspecified atom stereocenters. The lowest BCUT2D eigenvalue weighted by atomic mass is 9.99. The van der Waals surface area contributed by atoms with Crippen molar-refractivity contribution >= 4 is 44.0 Å². The summed E-state index contributed by atoms with van der Waals surface area (Å²) in [6, 6.07) is 4.86. The Kier molecular flexibility index (Phi) is 5.57. The molecule has 154 valence electrons. The number of aryl methyl sites for hydroxylation is 1. The molecule has 10 nitrogen and oxygen atoms in total. The van der Waals surface area contributed by atoms with Crippen LogP contribution in [0.3, 0.4) is 0 Å². The van der Waals surface area contributed by atoms with Gasteiger partial charge in [-0.2, -0.15) is 0 Å². The molecule has 1 heterocycles. The second-order valence-electron chi connectivity index (χ2n) is 6.08. The van der Waals surface area contributed by atoms with Crippen LogP contribution in [0.25, 0.3) is 0 Å². The van der Waals surface area contributed by atoms with Gasteiger partial charge >= 0.3 is 11.9 Å². The molecule has 1 aromatic heterocycles. The number of para-hydroxylation sites is 1. The van der Waals surface area contributed by atoms with E-state index in [0.29, 0.717) is 23.3 Å². The summed E-state index contributed by atoms with van der Waals surface area (Å²) in [7, 11) is -2.03. The quantitative estimate of drug-likeness (QED) is 0.410. The number of hydrogen-bond donors (Lipinski definition) is 1. The van der Waals surface area contributed by atoms with E-state index >= 15 is 0 Å². The van der Waals surface area contributed by atoms with Crippen molar-refractivity contribution in [1.82, 2.24) is 0 Å². The first-order chi connectivity index (χ1) is 13.7. The largest absolute Gasteiger partial charge is 0.469 e. The van der Waals surface area contributed by atoms with Crippen molar-refractivity contribution in [3.8, 4) is 0 Å². The van der Waals surface area contributed by atoms with Gasteiger partial charge in [-0.1, -0.05) is 12.1 Å². The number of nitro groups is 1. The molecule has 29 heavy (non-hydrogen) atoms. The maximum atomic E-state index is 12.8. The summed E-state index contributed by atoms with van der Waals surface area (Å²) in [6.45, 7) is 0. The molecule has 0 radical (unpaired) electrons. The maximum Gasteiger partial charge on any atom is 0.341 e. The van der Waals surface area contributed by atoms with Gasteiger partial charge in [0.2, 0.25) is 0 Å². The van der Waals surface area contributed by atoms with E-state index in [9.17, 15) is 28.1 Å². The van der Waals surface area contributed by atoms with Crippen LogP contribution >= 0.6 is 11.3 Å². The molecule has 1 aromatic carbocycles. The minimum atomic E-state index is -4.39. The Balaban J connectivity index is 2.10. The summed E-state index contributed by atoms with van der Waals surface area (Å²) < 4.78 is 37.5. The maximum absolute atomic E-state index is 12.8. The Hall–Kier alpha value is -2.99. The summed E-state index contributed by atoms with van der Waals surface area (Å²) >= 11 is 0.991. The molecule has 0 fully saturated rings. The smallest absolute Gasteiger partial charge is 0.341 e. The zero-order valence-corrected chi connectivity index (χ0v) is 17.0. The fourth-order valence-corrected chi connectivity index (χ4v) is 5.98. The van der Waals surface area contributed by atoms with Gasteiger partial charge in [0.05, 0.1) is 30.6 Å². The summed E-state index contributed by atoms with van der Waals surface area (Å²) in [6.07, 6.45) is 0.881. The van der Waals surface area contributed by atoms with Crippen LogP contribution in [-0.4, -0.2) is 39.5 Å². The number of rotatable bonds is 6. The SMILES string of the molecule is COC(=O)c1c(NS(=O)(=O)c2ccccc2[N+](=O)[O-])sc2c1C(C(=O)OC)CC2. The predicted molar refractivity (Wildman–Crippen MR) is 103 cm³/mol. The number of benzene rings is 1. The second-order valence-corrected chi connectivity index (χ2v) is 8.84. The van der Waals surface area contributed by atoms with Crippen LogP contribution in [0.1, 0.15) is 33.1 Å². The number of nitro benzene ring substituents is 1. The van der Waals surface area contributed by atoms with Crippen molar-refractivity contribution in [2.45, 2.75) is 23.7 Å². The summed E-state index contributed by atoms with van der Waals surface area (Å²) in [5, 5.41) is 11.1. The zero-order chi connectivity index (χ0) is 21.3. The third-order valence-electron chi connectivity index (χ3n) is 4.48. The normalized spacial score (nSPS) is 15.4. The highest BCUT2D eigenvalue weighted by Crippen LogP contribution is 2.46. The Morgan fingerprint density at radius 2 is 1.93 bits per heavy atom. The minimum absolute atomic E-state index is 0.0615. The van der Waals surface area contributed by atoms with Gasteiger partial charge in [0, 0.05) is 10.9 Å². The van der Waals surface area contributed by atoms with Crippen LogP contribution in [0.2, 0.25) is 0 Å². The molecular weight excluding hydrogens is 424 g/mol. The number of hydrogen-bond acceptors (Lipinski definition) is 9. The number of ether oxygens (including phenoxy) is 2. The van der Waals surface area contributed by atoms with E-state index in [-0.39, 0.29) is 10.6 Å². The molecule has 0 saturated heterocycles. The van der Waals surface area contributed by atoms with Crippen molar-refractivity contribution in [3.05, 3.63) is 50.4 Å². The Bertz CT molecular complexity index is 1110. The fraction of sp³-hybridized carbons (Fsp3) is 0.294. The van der Waals surface area contributed by atoms with Crippen LogP contribution in [0, 0.1) is 10.1 Å². The number of nitrogens with zero attached hydrogens (tertiary/aromatic N) is 1. The summed E-state index contributed by atoms with van der Waals surface area (Å²) in [4.78, 5) is 35.0. The fourth-order valence-electron chi connectivity index (χ4n) is 3.23. The number of fused-ring (bicyclic) bond motifs is 1. The third-order valence-corrected chi connectivity index (χ3v) is 7.19. The molecule has 0 amide bonds. The zero-order valence-electron chi connectivity index (χ0n) is 15.3. The van der Waals surface area contributed by atoms with Crippen LogP contribution in [0.4, 0.5) is 10.7 Å². The number of anilines is 1. The lowest BCUT2D eigenvalue weighted by molar-refractivity contribution is -0.387.